The number of carbonyl (C=O) groups is 3. The molecular weight excluding hydrogens is 388 g/mol. The number of thioether (sulfide) groups is 1. The number of anilines is 1. The summed E-state index contributed by atoms with van der Waals surface area (Å²) in [6.07, 6.45) is -0.0799. The molecule has 1 fully saturated rings. The monoisotopic (exact) mass is 412 g/mol. The van der Waals surface area contributed by atoms with Gasteiger partial charge in [-0.3, -0.25) is 14.4 Å². The highest BCUT2D eigenvalue weighted by atomic mass is 32.2. The molecule has 0 aliphatic carbocycles. The van der Waals surface area contributed by atoms with E-state index in [4.69, 9.17) is 0 Å². The van der Waals surface area contributed by atoms with Crippen molar-refractivity contribution in [1.29, 1.82) is 0 Å². The van der Waals surface area contributed by atoms with E-state index in [9.17, 15) is 19.5 Å². The Morgan fingerprint density at radius 3 is 2.52 bits per heavy atom. The Morgan fingerprint density at radius 2 is 1.83 bits per heavy atom. The number of aliphatic hydroxyl groups is 1. The van der Waals surface area contributed by atoms with Crippen LogP contribution in [-0.2, 0) is 16.1 Å². The van der Waals surface area contributed by atoms with Crippen molar-refractivity contribution < 1.29 is 19.5 Å². The number of imide groups is 1. The fraction of sp³-hybridized carbons (Fsp3) is 0.318. The molecule has 0 spiro atoms. The molecule has 0 saturated carbocycles. The number of benzene rings is 2. The summed E-state index contributed by atoms with van der Waals surface area (Å²) in [5, 5.41) is 8.22. The zero-order valence-electron chi connectivity index (χ0n) is 16.5. The third-order valence-corrected chi connectivity index (χ3v) is 6.07. The normalized spacial score (nSPS) is 16.4. The van der Waals surface area contributed by atoms with Crippen LogP contribution in [0.2, 0.25) is 0 Å². The Hall–Kier alpha value is -2.64. The van der Waals surface area contributed by atoms with Crippen LogP contribution in [0.15, 0.2) is 48.5 Å². The van der Waals surface area contributed by atoms with Crippen molar-refractivity contribution in [3.8, 4) is 0 Å². The number of aryl methyl sites for hydroxylation is 1. The van der Waals surface area contributed by atoms with Crippen LogP contribution in [0.3, 0.4) is 0 Å². The third kappa shape index (κ3) is 4.68. The summed E-state index contributed by atoms with van der Waals surface area (Å²) in [6.45, 7) is 4.15. The summed E-state index contributed by atoms with van der Waals surface area (Å²) >= 11 is 0.889. The molecular formula is C22H24N2O4S. The molecule has 152 valence electrons. The molecule has 1 unspecified atom stereocenters. The van der Waals surface area contributed by atoms with E-state index in [2.05, 4.69) is 0 Å². The van der Waals surface area contributed by atoms with Crippen LogP contribution in [0.25, 0.3) is 0 Å². The van der Waals surface area contributed by atoms with Gasteiger partial charge in [-0.05, 0) is 48.4 Å². The fourth-order valence-corrected chi connectivity index (χ4v) is 4.26. The highest BCUT2D eigenvalue weighted by Crippen LogP contribution is 2.36. The van der Waals surface area contributed by atoms with Gasteiger partial charge in [0.1, 0.15) is 5.25 Å². The first-order valence-electron chi connectivity index (χ1n) is 9.45. The Kier molecular flexibility index (Phi) is 6.71. The van der Waals surface area contributed by atoms with Crippen molar-refractivity contribution in [2.45, 2.75) is 32.1 Å². The van der Waals surface area contributed by atoms with Crippen molar-refractivity contribution in [2.24, 2.45) is 0 Å². The quantitative estimate of drug-likeness (QED) is 0.755. The van der Waals surface area contributed by atoms with Crippen molar-refractivity contribution in [2.75, 3.05) is 18.1 Å². The summed E-state index contributed by atoms with van der Waals surface area (Å²) in [5.41, 5.74) is 3.36. The second-order valence-electron chi connectivity index (χ2n) is 6.99. The fourth-order valence-electron chi connectivity index (χ4n) is 3.29. The predicted molar refractivity (Wildman–Crippen MR) is 114 cm³/mol. The molecule has 2 aromatic rings. The summed E-state index contributed by atoms with van der Waals surface area (Å²) in [4.78, 5) is 41.0. The molecule has 2 aromatic carbocycles. The molecule has 7 heteroatoms. The largest absolute Gasteiger partial charge is 0.395 e. The second-order valence-corrected chi connectivity index (χ2v) is 8.15. The molecule has 0 aromatic heterocycles. The Labute approximate surface area is 174 Å². The number of hydrogen-bond donors (Lipinski definition) is 1. The van der Waals surface area contributed by atoms with Crippen LogP contribution in [-0.4, -0.2) is 45.5 Å². The Balaban J connectivity index is 1.73. The number of amides is 3. The number of nitrogens with zero attached hydrogens (tertiary/aromatic N) is 2. The van der Waals surface area contributed by atoms with Crippen LogP contribution >= 0.6 is 11.8 Å². The van der Waals surface area contributed by atoms with Crippen molar-refractivity contribution in [1.82, 2.24) is 4.90 Å². The topological polar surface area (TPSA) is 77.9 Å². The van der Waals surface area contributed by atoms with Gasteiger partial charge in [-0.15, -0.1) is 0 Å². The van der Waals surface area contributed by atoms with E-state index < -0.39 is 5.25 Å². The average molecular weight is 413 g/mol. The lowest BCUT2D eigenvalue weighted by Gasteiger charge is -2.23. The van der Waals surface area contributed by atoms with Crippen molar-refractivity contribution in [3.05, 3.63) is 65.2 Å². The van der Waals surface area contributed by atoms with Gasteiger partial charge in [-0.2, -0.15) is 0 Å². The van der Waals surface area contributed by atoms with Gasteiger partial charge < -0.3 is 10.0 Å². The number of carbonyl (C=O) groups excluding carboxylic acids is 3. The van der Waals surface area contributed by atoms with Gasteiger partial charge in [0.2, 0.25) is 11.8 Å². The van der Waals surface area contributed by atoms with Crippen LogP contribution in [0.1, 0.15) is 23.1 Å². The van der Waals surface area contributed by atoms with Crippen molar-refractivity contribution >= 4 is 34.5 Å². The Bertz CT molecular complexity index is 916. The Morgan fingerprint density at radius 1 is 1.10 bits per heavy atom. The maximum absolute atomic E-state index is 12.9. The molecule has 0 bridgehead atoms. The smallest absolute Gasteiger partial charge is 0.293 e. The molecule has 29 heavy (non-hydrogen) atoms. The van der Waals surface area contributed by atoms with E-state index in [1.165, 1.54) is 9.80 Å². The summed E-state index contributed by atoms with van der Waals surface area (Å²) in [7, 11) is 0. The van der Waals surface area contributed by atoms with E-state index in [0.717, 1.165) is 28.5 Å². The van der Waals surface area contributed by atoms with E-state index in [-0.39, 0.29) is 36.6 Å². The molecule has 3 rings (SSSR count). The SMILES string of the molecule is Cc1cccc(N2C(=O)SC(CC(=O)N(CCO)Cc3ccccc3)C2=O)c1C. The first-order chi connectivity index (χ1) is 13.9. The lowest BCUT2D eigenvalue weighted by Crippen LogP contribution is -2.37. The molecule has 1 aliphatic rings. The summed E-state index contributed by atoms with van der Waals surface area (Å²) < 4.78 is 0. The first kappa shape index (κ1) is 21.1. The lowest BCUT2D eigenvalue weighted by atomic mass is 10.1. The molecule has 6 nitrogen and oxygen atoms in total. The van der Waals surface area contributed by atoms with Crippen molar-refractivity contribution in [3.63, 3.8) is 0 Å². The molecule has 1 saturated heterocycles. The standard InChI is InChI=1S/C22H24N2O4S/c1-15-7-6-10-18(16(15)2)24-21(27)19(29-22(24)28)13-20(26)23(11-12-25)14-17-8-4-3-5-9-17/h3-10,19,25H,11-14H2,1-2H3. The first-order valence-corrected chi connectivity index (χ1v) is 10.3. The minimum absolute atomic E-state index is 0.0799. The molecule has 3 amide bonds. The number of aliphatic hydroxyl groups excluding tert-OH is 1. The van der Waals surface area contributed by atoms with Gasteiger partial charge in [-0.1, -0.05) is 42.5 Å². The molecule has 1 atom stereocenters. The van der Waals surface area contributed by atoms with E-state index in [0.29, 0.717) is 12.2 Å². The van der Waals surface area contributed by atoms with Gasteiger partial charge in [0.25, 0.3) is 5.24 Å². The van der Waals surface area contributed by atoms with Gasteiger partial charge in [-0.25, -0.2) is 4.90 Å². The van der Waals surface area contributed by atoms with E-state index in [1.807, 2.05) is 56.3 Å². The average Bonchev–Trinajstić information content (AvgIpc) is 2.98. The minimum atomic E-state index is -0.758. The van der Waals surface area contributed by atoms with E-state index >= 15 is 0 Å². The maximum atomic E-state index is 12.9. The van der Waals surface area contributed by atoms with Crippen LogP contribution in [0.4, 0.5) is 10.5 Å². The molecule has 0 radical (unpaired) electrons. The third-order valence-electron chi connectivity index (χ3n) is 5.04. The maximum Gasteiger partial charge on any atom is 0.293 e. The summed E-state index contributed by atoms with van der Waals surface area (Å²) in [6, 6.07) is 14.9. The molecule has 1 aliphatic heterocycles. The molecule has 1 heterocycles. The number of rotatable bonds is 7. The summed E-state index contributed by atoms with van der Waals surface area (Å²) in [5.74, 6) is -0.630. The van der Waals surface area contributed by atoms with Crippen LogP contribution in [0, 0.1) is 13.8 Å². The highest BCUT2D eigenvalue weighted by molar-refractivity contribution is 8.15. The van der Waals surface area contributed by atoms with Crippen LogP contribution in [0.5, 0.6) is 0 Å². The lowest BCUT2D eigenvalue weighted by molar-refractivity contribution is -0.133. The second kappa shape index (κ2) is 9.24. The predicted octanol–water partition coefficient (Wildman–Crippen LogP) is 3.28. The van der Waals surface area contributed by atoms with Gasteiger partial charge in [0.05, 0.1) is 12.3 Å². The van der Waals surface area contributed by atoms with Gasteiger partial charge in [0, 0.05) is 19.5 Å². The zero-order chi connectivity index (χ0) is 21.0. The van der Waals surface area contributed by atoms with E-state index in [1.54, 1.807) is 6.07 Å². The highest BCUT2D eigenvalue weighted by Gasteiger charge is 2.42. The zero-order valence-corrected chi connectivity index (χ0v) is 17.3. The van der Waals surface area contributed by atoms with Gasteiger partial charge >= 0.3 is 0 Å². The van der Waals surface area contributed by atoms with Gasteiger partial charge in [0.15, 0.2) is 0 Å². The minimum Gasteiger partial charge on any atom is -0.395 e. The number of hydrogen-bond acceptors (Lipinski definition) is 5. The van der Waals surface area contributed by atoms with Crippen LogP contribution < -0.4 is 4.90 Å². The molecule has 1 N–H and O–H groups in total.